The van der Waals surface area contributed by atoms with Crippen molar-refractivity contribution in [2.24, 2.45) is 0 Å². The number of nitrogens with one attached hydrogen (secondary N) is 3. The molecule has 1 saturated carbocycles. The van der Waals surface area contributed by atoms with Crippen LogP contribution in [0.15, 0.2) is 29.6 Å². The molecule has 1 aliphatic carbocycles. The Hall–Kier alpha value is -2.41. The van der Waals surface area contributed by atoms with Crippen LogP contribution in [0.1, 0.15) is 18.5 Å². The van der Waals surface area contributed by atoms with Gasteiger partial charge in [-0.3, -0.25) is 4.79 Å². The van der Waals surface area contributed by atoms with Gasteiger partial charge in [-0.2, -0.15) is 0 Å². The molecule has 120 valence electrons. The van der Waals surface area contributed by atoms with Gasteiger partial charge in [-0.1, -0.05) is 0 Å². The fourth-order valence-corrected chi connectivity index (χ4v) is 2.83. The van der Waals surface area contributed by atoms with Crippen molar-refractivity contribution in [3.8, 4) is 10.6 Å². The molecule has 0 aliphatic heterocycles. The predicted octanol–water partition coefficient (Wildman–Crippen LogP) is 2.52. The van der Waals surface area contributed by atoms with E-state index in [-0.39, 0.29) is 12.5 Å². The minimum Gasteiger partial charge on any atom is -0.352 e. The Morgan fingerprint density at radius 2 is 2.00 bits per heavy atom. The van der Waals surface area contributed by atoms with Crippen LogP contribution in [-0.4, -0.2) is 29.5 Å². The molecule has 3 N–H and O–H groups in total. The molecule has 1 fully saturated rings. The highest BCUT2D eigenvalue weighted by Crippen LogP contribution is 2.24. The number of carbonyl (C=O) groups is 2. The summed E-state index contributed by atoms with van der Waals surface area (Å²) in [5.74, 6) is -0.155. The lowest BCUT2D eigenvalue weighted by molar-refractivity contribution is -0.120. The first-order valence-electron chi connectivity index (χ1n) is 7.47. The van der Waals surface area contributed by atoms with Gasteiger partial charge in [0.2, 0.25) is 5.91 Å². The van der Waals surface area contributed by atoms with E-state index in [0.717, 1.165) is 29.1 Å². The molecule has 0 saturated heterocycles. The van der Waals surface area contributed by atoms with Crippen LogP contribution in [-0.2, 0) is 4.79 Å². The highest BCUT2D eigenvalue weighted by Gasteiger charge is 2.23. The van der Waals surface area contributed by atoms with Gasteiger partial charge in [0.25, 0.3) is 0 Å². The monoisotopic (exact) mass is 330 g/mol. The zero-order valence-electron chi connectivity index (χ0n) is 12.8. The number of urea groups is 1. The van der Waals surface area contributed by atoms with Gasteiger partial charge in [-0.05, 0) is 44.0 Å². The van der Waals surface area contributed by atoms with Gasteiger partial charge in [0.05, 0.1) is 6.54 Å². The van der Waals surface area contributed by atoms with Crippen LogP contribution in [0, 0.1) is 6.92 Å². The summed E-state index contributed by atoms with van der Waals surface area (Å²) in [5, 5.41) is 11.0. The average Bonchev–Trinajstić information content (AvgIpc) is 3.24. The normalized spacial score (nSPS) is 13.4. The molecule has 1 heterocycles. The largest absolute Gasteiger partial charge is 0.352 e. The van der Waals surface area contributed by atoms with Crippen molar-refractivity contribution >= 4 is 29.0 Å². The van der Waals surface area contributed by atoms with E-state index in [1.807, 2.05) is 36.6 Å². The van der Waals surface area contributed by atoms with Gasteiger partial charge in [0.15, 0.2) is 0 Å². The molecule has 3 amide bonds. The Kier molecular flexibility index (Phi) is 4.57. The summed E-state index contributed by atoms with van der Waals surface area (Å²) in [6.07, 6.45) is 2.06. The van der Waals surface area contributed by atoms with E-state index in [4.69, 9.17) is 0 Å². The fourth-order valence-electron chi connectivity index (χ4n) is 2.02. The van der Waals surface area contributed by atoms with Crippen LogP contribution >= 0.6 is 11.3 Å². The molecule has 0 radical (unpaired) electrons. The number of hydrogen-bond donors (Lipinski definition) is 3. The second-order valence-electron chi connectivity index (χ2n) is 5.52. The molecule has 0 atom stereocenters. The maximum Gasteiger partial charge on any atom is 0.319 e. The Bertz CT molecular complexity index is 707. The maximum absolute atomic E-state index is 11.8. The van der Waals surface area contributed by atoms with E-state index in [0.29, 0.717) is 11.7 Å². The molecular weight excluding hydrogens is 312 g/mol. The molecule has 1 aliphatic rings. The topological polar surface area (TPSA) is 83.1 Å². The van der Waals surface area contributed by atoms with Crippen LogP contribution < -0.4 is 16.0 Å². The summed E-state index contributed by atoms with van der Waals surface area (Å²) in [4.78, 5) is 27.7. The number of anilines is 1. The van der Waals surface area contributed by atoms with Crippen molar-refractivity contribution in [2.45, 2.75) is 25.8 Å². The molecule has 3 rings (SSSR count). The van der Waals surface area contributed by atoms with Crippen LogP contribution in [0.5, 0.6) is 0 Å². The van der Waals surface area contributed by atoms with E-state index in [1.165, 1.54) is 0 Å². The quantitative estimate of drug-likeness (QED) is 0.788. The van der Waals surface area contributed by atoms with Crippen molar-refractivity contribution in [3.63, 3.8) is 0 Å². The van der Waals surface area contributed by atoms with Crippen LogP contribution in [0.4, 0.5) is 10.5 Å². The SMILES string of the molecule is Cc1csc(-c2ccc(NC(=O)NCC(=O)NC3CC3)cc2)n1. The van der Waals surface area contributed by atoms with Crippen molar-refractivity contribution in [1.82, 2.24) is 15.6 Å². The first kappa shape index (κ1) is 15.5. The van der Waals surface area contributed by atoms with Crippen LogP contribution in [0.25, 0.3) is 10.6 Å². The van der Waals surface area contributed by atoms with E-state index < -0.39 is 6.03 Å². The number of aromatic nitrogens is 1. The number of aryl methyl sites for hydroxylation is 1. The van der Waals surface area contributed by atoms with Gasteiger partial charge in [-0.25, -0.2) is 9.78 Å². The van der Waals surface area contributed by atoms with Gasteiger partial charge < -0.3 is 16.0 Å². The summed E-state index contributed by atoms with van der Waals surface area (Å²) in [6.45, 7) is 1.94. The lowest BCUT2D eigenvalue weighted by Crippen LogP contribution is -2.39. The summed E-state index contributed by atoms with van der Waals surface area (Å²) in [7, 11) is 0. The number of thiazole rings is 1. The molecule has 6 nitrogen and oxygen atoms in total. The van der Waals surface area contributed by atoms with E-state index in [9.17, 15) is 9.59 Å². The zero-order valence-corrected chi connectivity index (χ0v) is 13.6. The predicted molar refractivity (Wildman–Crippen MR) is 90.5 cm³/mol. The van der Waals surface area contributed by atoms with Crippen molar-refractivity contribution < 1.29 is 9.59 Å². The zero-order chi connectivity index (χ0) is 16.2. The number of nitrogens with zero attached hydrogens (tertiary/aromatic N) is 1. The number of carbonyl (C=O) groups excluding carboxylic acids is 2. The van der Waals surface area contributed by atoms with Crippen molar-refractivity contribution in [2.75, 3.05) is 11.9 Å². The molecule has 0 spiro atoms. The Labute approximate surface area is 138 Å². The molecular formula is C16H18N4O2S. The van der Waals surface area contributed by atoms with E-state index >= 15 is 0 Å². The standard InChI is InChI=1S/C16H18N4O2S/c1-10-9-23-15(18-10)11-2-4-13(5-3-11)20-16(22)17-8-14(21)19-12-6-7-12/h2-5,9,12H,6-8H2,1H3,(H,19,21)(H2,17,20,22). The van der Waals surface area contributed by atoms with Gasteiger partial charge >= 0.3 is 6.03 Å². The maximum atomic E-state index is 11.8. The minimum atomic E-state index is -0.395. The molecule has 0 unspecified atom stereocenters. The Morgan fingerprint density at radius 1 is 1.26 bits per heavy atom. The summed E-state index contributed by atoms with van der Waals surface area (Å²) in [6, 6.07) is 7.36. The second kappa shape index (κ2) is 6.78. The van der Waals surface area contributed by atoms with Crippen molar-refractivity contribution in [3.05, 3.63) is 35.3 Å². The first-order chi connectivity index (χ1) is 11.1. The number of amides is 3. The lowest BCUT2D eigenvalue weighted by atomic mass is 10.2. The van der Waals surface area contributed by atoms with Crippen LogP contribution in [0.2, 0.25) is 0 Å². The van der Waals surface area contributed by atoms with Gasteiger partial charge in [-0.15, -0.1) is 11.3 Å². The highest BCUT2D eigenvalue weighted by atomic mass is 32.1. The smallest absolute Gasteiger partial charge is 0.319 e. The molecule has 2 aromatic rings. The Balaban J connectivity index is 1.49. The van der Waals surface area contributed by atoms with E-state index in [1.54, 1.807) is 11.3 Å². The third kappa shape index (κ3) is 4.53. The van der Waals surface area contributed by atoms with Crippen LogP contribution in [0.3, 0.4) is 0 Å². The first-order valence-corrected chi connectivity index (χ1v) is 8.35. The average molecular weight is 330 g/mol. The molecule has 23 heavy (non-hydrogen) atoms. The minimum absolute atomic E-state index is 0.0151. The van der Waals surface area contributed by atoms with Gasteiger partial charge in [0.1, 0.15) is 5.01 Å². The number of rotatable bonds is 5. The third-order valence-corrected chi connectivity index (χ3v) is 4.37. The lowest BCUT2D eigenvalue weighted by Gasteiger charge is -2.08. The fraction of sp³-hybridized carbons (Fsp3) is 0.312. The number of benzene rings is 1. The Morgan fingerprint density at radius 3 is 2.61 bits per heavy atom. The summed E-state index contributed by atoms with van der Waals surface area (Å²) >= 11 is 1.59. The molecule has 1 aromatic carbocycles. The van der Waals surface area contributed by atoms with E-state index in [2.05, 4.69) is 20.9 Å². The van der Waals surface area contributed by atoms with Gasteiger partial charge in [0, 0.05) is 28.4 Å². The molecule has 1 aromatic heterocycles. The molecule has 0 bridgehead atoms. The summed E-state index contributed by atoms with van der Waals surface area (Å²) < 4.78 is 0. The molecule has 7 heteroatoms. The second-order valence-corrected chi connectivity index (χ2v) is 6.38. The third-order valence-electron chi connectivity index (χ3n) is 3.36. The van der Waals surface area contributed by atoms with Crippen molar-refractivity contribution in [1.29, 1.82) is 0 Å². The number of hydrogen-bond acceptors (Lipinski definition) is 4. The summed E-state index contributed by atoms with van der Waals surface area (Å²) in [5.41, 5.74) is 2.68. The highest BCUT2D eigenvalue weighted by molar-refractivity contribution is 7.13.